The summed E-state index contributed by atoms with van der Waals surface area (Å²) < 4.78 is 0. The summed E-state index contributed by atoms with van der Waals surface area (Å²) in [6.07, 6.45) is 4.69. The highest BCUT2D eigenvalue weighted by Gasteiger charge is 2.33. The largest absolute Gasteiger partial charge is 0.393 e. The van der Waals surface area contributed by atoms with E-state index in [2.05, 4.69) is 12.2 Å². The SMILES string of the molecule is CCC[C@@H]1CN(C(=O)[C@H]2CCCN2)CC[C@H]1O. The van der Waals surface area contributed by atoms with Crippen LogP contribution in [0.1, 0.15) is 39.0 Å². The first kappa shape index (κ1) is 12.8. The van der Waals surface area contributed by atoms with Crippen molar-refractivity contribution >= 4 is 5.91 Å². The predicted molar refractivity (Wildman–Crippen MR) is 66.6 cm³/mol. The molecule has 1 amide bonds. The van der Waals surface area contributed by atoms with Gasteiger partial charge in [-0.15, -0.1) is 0 Å². The van der Waals surface area contributed by atoms with Crippen molar-refractivity contribution < 1.29 is 9.90 Å². The molecule has 0 spiro atoms. The van der Waals surface area contributed by atoms with Crippen LogP contribution >= 0.6 is 0 Å². The van der Waals surface area contributed by atoms with E-state index >= 15 is 0 Å². The van der Waals surface area contributed by atoms with Gasteiger partial charge in [-0.3, -0.25) is 4.79 Å². The second-order valence-electron chi connectivity index (χ2n) is 5.34. The summed E-state index contributed by atoms with van der Waals surface area (Å²) >= 11 is 0. The first-order valence-corrected chi connectivity index (χ1v) is 6.92. The van der Waals surface area contributed by atoms with E-state index in [1.54, 1.807) is 0 Å². The molecule has 2 N–H and O–H groups in total. The highest BCUT2D eigenvalue weighted by Crippen LogP contribution is 2.23. The quantitative estimate of drug-likeness (QED) is 0.765. The first-order chi connectivity index (χ1) is 8.22. The van der Waals surface area contributed by atoms with Crippen LogP contribution in [0.25, 0.3) is 0 Å². The average molecular weight is 240 g/mol. The zero-order valence-electron chi connectivity index (χ0n) is 10.7. The maximum atomic E-state index is 12.2. The van der Waals surface area contributed by atoms with Crippen LogP contribution in [0.3, 0.4) is 0 Å². The minimum absolute atomic E-state index is 0.0347. The Labute approximate surface area is 103 Å². The van der Waals surface area contributed by atoms with Crippen LogP contribution in [0, 0.1) is 5.92 Å². The van der Waals surface area contributed by atoms with Gasteiger partial charge < -0.3 is 15.3 Å². The Hall–Kier alpha value is -0.610. The van der Waals surface area contributed by atoms with Crippen LogP contribution in [-0.4, -0.2) is 47.7 Å². The number of aliphatic hydroxyl groups is 1. The van der Waals surface area contributed by atoms with E-state index in [0.717, 1.165) is 51.7 Å². The molecule has 2 rings (SSSR count). The highest BCUT2D eigenvalue weighted by molar-refractivity contribution is 5.82. The fourth-order valence-corrected chi connectivity index (χ4v) is 2.99. The van der Waals surface area contributed by atoms with Gasteiger partial charge in [-0.1, -0.05) is 13.3 Å². The second-order valence-corrected chi connectivity index (χ2v) is 5.34. The van der Waals surface area contributed by atoms with Crippen LogP contribution < -0.4 is 5.32 Å². The number of amides is 1. The van der Waals surface area contributed by atoms with E-state index < -0.39 is 0 Å². The molecule has 2 aliphatic rings. The third-order valence-corrected chi connectivity index (χ3v) is 4.02. The maximum absolute atomic E-state index is 12.2. The van der Waals surface area contributed by atoms with E-state index in [4.69, 9.17) is 0 Å². The van der Waals surface area contributed by atoms with Gasteiger partial charge in [0.1, 0.15) is 0 Å². The fraction of sp³-hybridized carbons (Fsp3) is 0.923. The van der Waals surface area contributed by atoms with Crippen molar-refractivity contribution in [3.8, 4) is 0 Å². The van der Waals surface area contributed by atoms with Gasteiger partial charge in [-0.05, 0) is 32.2 Å². The van der Waals surface area contributed by atoms with Crippen molar-refractivity contribution in [2.24, 2.45) is 5.92 Å². The average Bonchev–Trinajstić information content (AvgIpc) is 2.85. The molecule has 0 aromatic carbocycles. The van der Waals surface area contributed by atoms with Crippen LogP contribution in [0.2, 0.25) is 0 Å². The molecule has 0 bridgehead atoms. The Morgan fingerprint density at radius 3 is 2.94 bits per heavy atom. The maximum Gasteiger partial charge on any atom is 0.239 e. The van der Waals surface area contributed by atoms with Gasteiger partial charge in [0.05, 0.1) is 12.1 Å². The van der Waals surface area contributed by atoms with Crippen LogP contribution in [0.5, 0.6) is 0 Å². The molecule has 0 unspecified atom stereocenters. The minimum atomic E-state index is -0.212. The van der Waals surface area contributed by atoms with Crippen molar-refractivity contribution in [3.63, 3.8) is 0 Å². The monoisotopic (exact) mass is 240 g/mol. The number of piperidine rings is 1. The molecular formula is C13H24N2O2. The Bertz CT molecular complexity index is 264. The standard InChI is InChI=1S/C13H24N2O2/c1-2-4-10-9-15(8-6-12(10)16)13(17)11-5-3-7-14-11/h10-12,14,16H,2-9H2,1H3/t10-,11-,12-/m1/s1. The normalized spacial score (nSPS) is 34.0. The minimum Gasteiger partial charge on any atom is -0.393 e. The zero-order chi connectivity index (χ0) is 12.3. The lowest BCUT2D eigenvalue weighted by Crippen LogP contribution is -2.51. The third-order valence-electron chi connectivity index (χ3n) is 4.02. The smallest absolute Gasteiger partial charge is 0.239 e. The Balaban J connectivity index is 1.90. The van der Waals surface area contributed by atoms with Crippen molar-refractivity contribution in [2.45, 2.75) is 51.2 Å². The zero-order valence-corrected chi connectivity index (χ0v) is 10.7. The highest BCUT2D eigenvalue weighted by atomic mass is 16.3. The number of hydrogen-bond acceptors (Lipinski definition) is 3. The molecule has 0 aromatic rings. The van der Waals surface area contributed by atoms with Crippen molar-refractivity contribution in [1.82, 2.24) is 10.2 Å². The van der Waals surface area contributed by atoms with Crippen LogP contribution in [0.15, 0.2) is 0 Å². The lowest BCUT2D eigenvalue weighted by molar-refractivity contribution is -0.137. The van der Waals surface area contributed by atoms with E-state index in [-0.39, 0.29) is 24.0 Å². The number of carbonyl (C=O) groups excluding carboxylic acids is 1. The van der Waals surface area contributed by atoms with Crippen molar-refractivity contribution in [3.05, 3.63) is 0 Å². The summed E-state index contributed by atoms with van der Waals surface area (Å²) in [4.78, 5) is 14.2. The van der Waals surface area contributed by atoms with E-state index in [0.29, 0.717) is 0 Å². The molecule has 3 atom stereocenters. The van der Waals surface area contributed by atoms with Crippen molar-refractivity contribution in [1.29, 1.82) is 0 Å². The van der Waals surface area contributed by atoms with Gasteiger partial charge in [-0.2, -0.15) is 0 Å². The van der Waals surface area contributed by atoms with E-state index in [9.17, 15) is 9.90 Å². The van der Waals surface area contributed by atoms with Gasteiger partial charge in [-0.25, -0.2) is 0 Å². The molecule has 2 fully saturated rings. The number of carbonyl (C=O) groups is 1. The summed E-state index contributed by atoms with van der Waals surface area (Å²) in [5.41, 5.74) is 0. The molecule has 0 aromatic heterocycles. The molecule has 0 aliphatic carbocycles. The summed E-state index contributed by atoms with van der Waals surface area (Å²) in [7, 11) is 0. The number of likely N-dealkylation sites (tertiary alicyclic amines) is 1. The van der Waals surface area contributed by atoms with Gasteiger partial charge in [0.25, 0.3) is 0 Å². The lowest BCUT2D eigenvalue weighted by atomic mass is 9.90. The predicted octanol–water partition coefficient (Wildman–Crippen LogP) is 0.748. The van der Waals surface area contributed by atoms with E-state index in [1.807, 2.05) is 4.90 Å². The third kappa shape index (κ3) is 2.99. The molecule has 4 nitrogen and oxygen atoms in total. The van der Waals surface area contributed by atoms with Crippen LogP contribution in [0.4, 0.5) is 0 Å². The molecule has 17 heavy (non-hydrogen) atoms. The summed E-state index contributed by atoms with van der Waals surface area (Å²) in [5.74, 6) is 0.523. The number of aliphatic hydroxyl groups excluding tert-OH is 1. The fourth-order valence-electron chi connectivity index (χ4n) is 2.99. The molecule has 2 saturated heterocycles. The summed E-state index contributed by atoms with van der Waals surface area (Å²) in [6, 6.07) is 0.0347. The lowest BCUT2D eigenvalue weighted by Gasteiger charge is -2.37. The molecule has 2 heterocycles. The first-order valence-electron chi connectivity index (χ1n) is 6.92. The Morgan fingerprint density at radius 2 is 2.29 bits per heavy atom. The summed E-state index contributed by atoms with van der Waals surface area (Å²) in [6.45, 7) is 4.56. The molecule has 4 heteroatoms. The molecule has 98 valence electrons. The van der Waals surface area contributed by atoms with Gasteiger partial charge in [0, 0.05) is 19.0 Å². The molecule has 0 saturated carbocycles. The molecule has 0 radical (unpaired) electrons. The van der Waals surface area contributed by atoms with Gasteiger partial charge >= 0.3 is 0 Å². The Morgan fingerprint density at radius 1 is 1.47 bits per heavy atom. The number of hydrogen-bond donors (Lipinski definition) is 2. The second kappa shape index (κ2) is 5.83. The van der Waals surface area contributed by atoms with E-state index in [1.165, 1.54) is 0 Å². The molecule has 2 aliphatic heterocycles. The number of nitrogens with zero attached hydrogens (tertiary/aromatic N) is 1. The summed E-state index contributed by atoms with van der Waals surface area (Å²) in [5, 5.41) is 13.2. The van der Waals surface area contributed by atoms with Crippen LogP contribution in [-0.2, 0) is 4.79 Å². The van der Waals surface area contributed by atoms with Gasteiger partial charge in [0.15, 0.2) is 0 Å². The Kier molecular flexibility index (Phi) is 4.40. The van der Waals surface area contributed by atoms with Crippen molar-refractivity contribution in [2.75, 3.05) is 19.6 Å². The topological polar surface area (TPSA) is 52.6 Å². The number of rotatable bonds is 3. The molecular weight excluding hydrogens is 216 g/mol. The van der Waals surface area contributed by atoms with Gasteiger partial charge in [0.2, 0.25) is 5.91 Å². The number of nitrogens with one attached hydrogen (secondary N) is 1.